The Hall–Kier alpha value is -1.36. The molecule has 0 aliphatic rings. The molecule has 0 atom stereocenters. The zero-order valence-electron chi connectivity index (χ0n) is 17.2. The quantitative estimate of drug-likeness (QED) is 0.211. The number of carbonyl (C=O) groups excluding carboxylic acids is 1. The number of hydrogen-bond donors (Lipinski definition) is 2. The second kappa shape index (κ2) is 14.7. The molecule has 1 aromatic heterocycles. The van der Waals surface area contributed by atoms with Gasteiger partial charge < -0.3 is 20.3 Å². The minimum absolute atomic E-state index is 0. The van der Waals surface area contributed by atoms with Crippen molar-refractivity contribution in [3.63, 3.8) is 0 Å². The molecular formula is C18H35IN6O2. The van der Waals surface area contributed by atoms with E-state index in [1.54, 1.807) is 19.0 Å². The number of hydrogen-bond acceptors (Lipinski definition) is 4. The van der Waals surface area contributed by atoms with Crippen LogP contribution >= 0.6 is 24.0 Å². The van der Waals surface area contributed by atoms with Gasteiger partial charge in [-0.05, 0) is 39.7 Å². The molecule has 2 N–H and O–H groups in total. The van der Waals surface area contributed by atoms with Gasteiger partial charge in [0.15, 0.2) is 5.96 Å². The van der Waals surface area contributed by atoms with Crippen LogP contribution in [0.2, 0.25) is 0 Å². The van der Waals surface area contributed by atoms with E-state index in [1.165, 1.54) is 5.69 Å². The van der Waals surface area contributed by atoms with E-state index in [2.05, 4.69) is 33.7 Å². The fraction of sp³-hybridized carbons (Fsp3) is 0.722. The van der Waals surface area contributed by atoms with Gasteiger partial charge in [0.2, 0.25) is 5.91 Å². The van der Waals surface area contributed by atoms with Gasteiger partial charge in [-0.3, -0.25) is 9.48 Å². The number of nitrogens with zero attached hydrogens (tertiary/aromatic N) is 4. The predicted molar refractivity (Wildman–Crippen MR) is 120 cm³/mol. The highest BCUT2D eigenvalue weighted by Crippen LogP contribution is 2.02. The first kappa shape index (κ1) is 25.6. The first-order valence-electron chi connectivity index (χ1n) is 9.25. The number of halogens is 1. The molecule has 8 nitrogen and oxygen atoms in total. The van der Waals surface area contributed by atoms with Crippen molar-refractivity contribution in [2.45, 2.75) is 40.2 Å². The first-order valence-corrected chi connectivity index (χ1v) is 9.25. The highest BCUT2D eigenvalue weighted by Gasteiger charge is 2.05. The third-order valence-corrected chi connectivity index (χ3v) is 3.78. The molecule has 1 aromatic rings. The van der Waals surface area contributed by atoms with Crippen LogP contribution in [0.25, 0.3) is 0 Å². The fourth-order valence-corrected chi connectivity index (χ4v) is 2.32. The third-order valence-electron chi connectivity index (χ3n) is 3.78. The lowest BCUT2D eigenvalue weighted by atomic mass is 10.4. The van der Waals surface area contributed by atoms with Crippen LogP contribution < -0.4 is 10.6 Å². The van der Waals surface area contributed by atoms with Gasteiger partial charge in [-0.1, -0.05) is 0 Å². The van der Waals surface area contributed by atoms with Crippen molar-refractivity contribution in [1.29, 1.82) is 0 Å². The first-order chi connectivity index (χ1) is 12.4. The summed E-state index contributed by atoms with van der Waals surface area (Å²) in [6.07, 6.45) is 1.81. The average molecular weight is 494 g/mol. The van der Waals surface area contributed by atoms with Crippen LogP contribution in [0.3, 0.4) is 0 Å². The highest BCUT2D eigenvalue weighted by atomic mass is 127. The second-order valence-corrected chi connectivity index (χ2v) is 6.36. The van der Waals surface area contributed by atoms with E-state index >= 15 is 0 Å². The van der Waals surface area contributed by atoms with Crippen molar-refractivity contribution in [3.05, 3.63) is 17.5 Å². The molecule has 0 aromatic carbocycles. The number of aromatic nitrogens is 2. The van der Waals surface area contributed by atoms with E-state index in [4.69, 9.17) is 4.74 Å². The Morgan fingerprint density at radius 3 is 2.48 bits per heavy atom. The normalized spacial score (nSPS) is 11.1. The van der Waals surface area contributed by atoms with Gasteiger partial charge in [-0.15, -0.1) is 24.0 Å². The monoisotopic (exact) mass is 494 g/mol. The van der Waals surface area contributed by atoms with E-state index in [0.717, 1.165) is 44.8 Å². The minimum Gasteiger partial charge on any atom is -0.382 e. The van der Waals surface area contributed by atoms with E-state index in [-0.39, 0.29) is 36.4 Å². The summed E-state index contributed by atoms with van der Waals surface area (Å²) < 4.78 is 7.35. The van der Waals surface area contributed by atoms with Crippen LogP contribution in [0.5, 0.6) is 0 Å². The van der Waals surface area contributed by atoms with Gasteiger partial charge >= 0.3 is 0 Å². The van der Waals surface area contributed by atoms with Gasteiger partial charge in [0.05, 0.1) is 5.69 Å². The van der Waals surface area contributed by atoms with Gasteiger partial charge in [0, 0.05) is 52.6 Å². The molecule has 0 saturated carbocycles. The van der Waals surface area contributed by atoms with Crippen molar-refractivity contribution >= 4 is 35.8 Å². The predicted octanol–water partition coefficient (Wildman–Crippen LogP) is 1.56. The molecule has 156 valence electrons. The lowest BCUT2D eigenvalue weighted by Gasteiger charge is -2.14. The van der Waals surface area contributed by atoms with Crippen LogP contribution in [0.15, 0.2) is 11.1 Å². The van der Waals surface area contributed by atoms with Crippen LogP contribution in [0.4, 0.5) is 0 Å². The van der Waals surface area contributed by atoms with Crippen molar-refractivity contribution in [1.82, 2.24) is 25.3 Å². The number of amides is 1. The van der Waals surface area contributed by atoms with E-state index < -0.39 is 0 Å². The van der Waals surface area contributed by atoms with E-state index in [1.807, 2.05) is 18.5 Å². The number of aliphatic imine (C=N–C) groups is 1. The summed E-state index contributed by atoms with van der Waals surface area (Å²) in [6.45, 7) is 9.97. The molecule has 1 rings (SSSR count). The molecule has 0 aliphatic carbocycles. The third kappa shape index (κ3) is 11.2. The number of rotatable bonds is 11. The molecule has 27 heavy (non-hydrogen) atoms. The van der Waals surface area contributed by atoms with Crippen LogP contribution in [0, 0.1) is 13.8 Å². The van der Waals surface area contributed by atoms with Gasteiger partial charge in [-0.2, -0.15) is 5.10 Å². The zero-order chi connectivity index (χ0) is 19.4. The summed E-state index contributed by atoms with van der Waals surface area (Å²) in [5, 5.41) is 11.0. The summed E-state index contributed by atoms with van der Waals surface area (Å²) in [4.78, 5) is 17.7. The summed E-state index contributed by atoms with van der Waals surface area (Å²) in [7, 11) is 3.46. The van der Waals surface area contributed by atoms with Crippen LogP contribution in [-0.4, -0.2) is 73.5 Å². The molecule has 0 saturated heterocycles. The maximum atomic E-state index is 11.7. The van der Waals surface area contributed by atoms with E-state index in [0.29, 0.717) is 12.6 Å². The van der Waals surface area contributed by atoms with Crippen molar-refractivity contribution < 1.29 is 9.53 Å². The zero-order valence-corrected chi connectivity index (χ0v) is 19.6. The smallest absolute Gasteiger partial charge is 0.243 e. The molecule has 9 heteroatoms. The molecule has 0 radical (unpaired) electrons. The molecule has 1 heterocycles. The summed E-state index contributed by atoms with van der Waals surface area (Å²) in [5.41, 5.74) is 2.21. The van der Waals surface area contributed by atoms with Crippen molar-refractivity contribution in [2.75, 3.05) is 46.9 Å². The lowest BCUT2D eigenvalue weighted by molar-refractivity contribution is -0.127. The number of likely N-dealkylation sites (N-methyl/N-ethyl adjacent to an activating group) is 1. The summed E-state index contributed by atoms with van der Waals surface area (Å²) in [6, 6.07) is 2.08. The van der Waals surface area contributed by atoms with Crippen LogP contribution in [-0.2, 0) is 16.1 Å². The highest BCUT2D eigenvalue weighted by molar-refractivity contribution is 14.0. The number of ether oxygens (including phenoxy) is 1. The molecule has 0 bridgehead atoms. The number of nitrogens with one attached hydrogen (secondary N) is 2. The Balaban J connectivity index is 0.00000676. The molecular weight excluding hydrogens is 459 g/mol. The number of guanidine groups is 1. The number of aryl methyl sites for hydroxylation is 3. The number of carbonyl (C=O) groups is 1. The Labute approximate surface area is 180 Å². The van der Waals surface area contributed by atoms with Crippen LogP contribution in [0.1, 0.15) is 31.2 Å². The summed E-state index contributed by atoms with van der Waals surface area (Å²) >= 11 is 0. The fourth-order valence-electron chi connectivity index (χ4n) is 2.32. The standard InChI is InChI=1S/C18H34N6O2.HI/c1-6-26-12-8-10-20-18(21-14-17(25)23(4)5)19-9-7-11-24-16(3)13-15(2)22-24;/h13H,6-12,14H2,1-5H3,(H2,19,20,21);1H. The molecule has 0 spiro atoms. The van der Waals surface area contributed by atoms with Crippen molar-refractivity contribution in [3.8, 4) is 0 Å². The average Bonchev–Trinajstić information content (AvgIpc) is 2.92. The lowest BCUT2D eigenvalue weighted by Crippen LogP contribution is -2.40. The second-order valence-electron chi connectivity index (χ2n) is 6.36. The maximum absolute atomic E-state index is 11.7. The Morgan fingerprint density at radius 2 is 1.93 bits per heavy atom. The minimum atomic E-state index is -0.0249. The van der Waals surface area contributed by atoms with E-state index in [9.17, 15) is 4.79 Å². The maximum Gasteiger partial charge on any atom is 0.243 e. The Kier molecular flexibility index (Phi) is 13.9. The van der Waals surface area contributed by atoms with Gasteiger partial charge in [-0.25, -0.2) is 4.99 Å². The molecule has 1 amide bonds. The van der Waals surface area contributed by atoms with Gasteiger partial charge in [0.1, 0.15) is 6.54 Å². The molecule has 0 aliphatic heterocycles. The largest absolute Gasteiger partial charge is 0.382 e. The molecule has 0 fully saturated rings. The Morgan fingerprint density at radius 1 is 1.26 bits per heavy atom. The molecule has 0 unspecified atom stereocenters. The SMILES string of the molecule is CCOCCCNC(=NCC(=O)N(C)C)NCCCn1nc(C)cc1C.I. The Bertz CT molecular complexity index is 574. The van der Waals surface area contributed by atoms with Crippen molar-refractivity contribution in [2.24, 2.45) is 4.99 Å². The van der Waals surface area contributed by atoms with Gasteiger partial charge in [0.25, 0.3) is 0 Å². The summed E-state index contributed by atoms with van der Waals surface area (Å²) in [5.74, 6) is 0.633. The topological polar surface area (TPSA) is 83.8 Å².